The normalized spacial score (nSPS) is 18.4. The molecule has 0 bridgehead atoms. The van der Waals surface area contributed by atoms with Crippen LogP contribution in [0.15, 0.2) is 0 Å². The lowest BCUT2D eigenvalue weighted by atomic mass is 10.0. The van der Waals surface area contributed by atoms with E-state index in [4.69, 9.17) is 16.7 Å². The Morgan fingerprint density at radius 3 is 2.57 bits per heavy atom. The number of ketones is 1. The van der Waals surface area contributed by atoms with Crippen LogP contribution < -0.4 is 0 Å². The predicted molar refractivity (Wildman–Crippen MR) is 49.6 cm³/mol. The quantitative estimate of drug-likeness (QED) is 0.394. The van der Waals surface area contributed by atoms with Gasteiger partial charge in [-0.3, -0.25) is 4.79 Å². The minimum absolute atomic E-state index is 0.160. The van der Waals surface area contributed by atoms with Crippen molar-refractivity contribution in [1.82, 2.24) is 0 Å². The summed E-state index contributed by atoms with van der Waals surface area (Å²) in [7, 11) is 0. The fraction of sp³-hybridized carbons (Fsp3) is 0.889. The molecule has 14 heavy (non-hydrogen) atoms. The zero-order chi connectivity index (χ0) is 11.8. The van der Waals surface area contributed by atoms with Crippen molar-refractivity contribution in [2.24, 2.45) is 0 Å². The van der Waals surface area contributed by atoms with Crippen molar-refractivity contribution < 1.29 is 26.6 Å². The zero-order valence-electron chi connectivity index (χ0n) is 8.96. The van der Waals surface area contributed by atoms with Crippen LogP contribution in [0.5, 0.6) is 0 Å². The summed E-state index contributed by atoms with van der Waals surface area (Å²) in [6.07, 6.45) is -3.40. The van der Waals surface area contributed by atoms with Crippen molar-refractivity contribution in [2.45, 2.75) is 44.5 Å². The lowest BCUT2D eigenvalue weighted by Gasteiger charge is -2.17. The summed E-state index contributed by atoms with van der Waals surface area (Å²) in [6.45, 7) is -0.505. The molecular formula is C9H18O5. The van der Waals surface area contributed by atoms with Gasteiger partial charge in [-0.15, -0.1) is 0 Å². The van der Waals surface area contributed by atoms with E-state index in [-0.39, 0.29) is 13.3 Å². The first kappa shape index (κ1) is 11.6. The molecule has 0 saturated heterocycles. The maximum atomic E-state index is 11.2. The maximum Gasteiger partial charge on any atom is 0.192 e. The van der Waals surface area contributed by atoms with Crippen LogP contribution in [0, 0.1) is 0 Å². The topological polar surface area (TPSA) is 98.0 Å². The first-order valence-electron chi connectivity index (χ1n) is 5.23. The number of aliphatic hydroxyl groups is 4. The number of carbonyl (C=O) groups excluding carboxylic acids is 1. The van der Waals surface area contributed by atoms with Crippen LogP contribution in [0.25, 0.3) is 0 Å². The first-order chi connectivity index (χ1) is 7.04. The third-order valence-electron chi connectivity index (χ3n) is 1.90. The van der Waals surface area contributed by atoms with Gasteiger partial charge in [-0.2, -0.15) is 0 Å². The highest BCUT2D eigenvalue weighted by Crippen LogP contribution is 2.06. The molecular weight excluding hydrogens is 188 g/mol. The highest BCUT2D eigenvalue weighted by Gasteiger charge is 2.28. The Morgan fingerprint density at radius 2 is 2.07 bits per heavy atom. The van der Waals surface area contributed by atoms with Crippen molar-refractivity contribution >= 4 is 5.78 Å². The van der Waals surface area contributed by atoms with Gasteiger partial charge < -0.3 is 20.4 Å². The smallest absolute Gasteiger partial charge is 0.192 e. The average Bonchev–Trinajstić information content (AvgIpc) is 2.26. The second-order valence-corrected chi connectivity index (χ2v) is 3.11. The highest BCUT2D eigenvalue weighted by atomic mass is 16.4. The summed E-state index contributed by atoms with van der Waals surface area (Å²) in [5.41, 5.74) is 0. The third-order valence-corrected chi connectivity index (χ3v) is 1.90. The van der Waals surface area contributed by atoms with Gasteiger partial charge in [0.25, 0.3) is 0 Å². The average molecular weight is 207 g/mol. The lowest BCUT2D eigenvalue weighted by molar-refractivity contribution is -0.143. The van der Waals surface area contributed by atoms with Crippen LogP contribution in [0.3, 0.4) is 0 Å². The van der Waals surface area contributed by atoms with E-state index in [1.54, 1.807) is 0 Å². The molecule has 5 nitrogen and oxygen atoms in total. The van der Waals surface area contributed by atoms with Gasteiger partial charge in [-0.05, 0) is 6.42 Å². The van der Waals surface area contributed by atoms with Gasteiger partial charge in [-0.1, -0.05) is 19.7 Å². The molecule has 0 rings (SSSR count). The van der Waals surface area contributed by atoms with Crippen LogP contribution >= 0.6 is 0 Å². The molecule has 1 unspecified atom stereocenters. The molecule has 0 saturated carbocycles. The summed E-state index contributed by atoms with van der Waals surface area (Å²) in [5.74, 6) is -0.887. The molecule has 0 aliphatic heterocycles. The lowest BCUT2D eigenvalue weighted by Crippen LogP contribution is -2.42. The van der Waals surface area contributed by atoms with Crippen molar-refractivity contribution in [3.05, 3.63) is 0 Å². The number of unbranched alkanes of at least 4 members (excludes halogenated alkanes) is 1. The molecule has 0 aromatic heterocycles. The van der Waals surface area contributed by atoms with Crippen molar-refractivity contribution in [2.75, 3.05) is 6.61 Å². The van der Waals surface area contributed by atoms with Crippen LogP contribution in [-0.2, 0) is 4.79 Å². The number of hydrogen-bond acceptors (Lipinski definition) is 5. The van der Waals surface area contributed by atoms with E-state index in [1.807, 2.05) is 0 Å². The predicted octanol–water partition coefficient (Wildman–Crippen LogP) is -1.18. The van der Waals surface area contributed by atoms with Gasteiger partial charge in [0.15, 0.2) is 5.78 Å². The Kier molecular flexibility index (Phi) is 5.70. The highest BCUT2D eigenvalue weighted by molar-refractivity contribution is 5.87. The van der Waals surface area contributed by atoms with Gasteiger partial charge in [0, 0.05) is 1.37 Å². The summed E-state index contributed by atoms with van der Waals surface area (Å²) in [6, 6.07) is 0. The molecule has 0 spiro atoms. The second-order valence-electron chi connectivity index (χ2n) is 3.11. The Bertz CT molecular complexity index is 187. The van der Waals surface area contributed by atoms with Crippen LogP contribution in [0.1, 0.15) is 27.5 Å². The van der Waals surface area contributed by atoms with Crippen LogP contribution in [0.2, 0.25) is 0 Å². The number of Topliss-reactive ketones (excluding diaryl/α,β-unsaturated/α-hetero) is 1. The monoisotopic (exact) mass is 207 g/mol. The minimum atomic E-state index is -1.75. The Labute approximate surface area is 84.4 Å². The Morgan fingerprint density at radius 1 is 1.43 bits per heavy atom. The van der Waals surface area contributed by atoms with E-state index < -0.39 is 30.7 Å². The molecule has 0 aromatic rings. The summed E-state index contributed by atoms with van der Waals surface area (Å²) >= 11 is 0. The third kappa shape index (κ3) is 4.15. The number of hydrogen-bond donors (Lipinski definition) is 4. The largest absolute Gasteiger partial charge is 0.394 e. The van der Waals surface area contributed by atoms with E-state index in [0.717, 1.165) is 0 Å². The molecule has 0 heterocycles. The van der Waals surface area contributed by atoms with Gasteiger partial charge in [0.05, 0.1) is 6.61 Å². The molecule has 84 valence electrons. The summed E-state index contributed by atoms with van der Waals surface area (Å²) in [5, 5.41) is 35.9. The van der Waals surface area contributed by atoms with Crippen molar-refractivity contribution in [1.29, 1.82) is 0 Å². The molecule has 0 radical (unpaired) electrons. The molecule has 5 heteroatoms. The number of rotatable bonds is 7. The summed E-state index contributed by atoms with van der Waals surface area (Å²) < 4.78 is 6.85. The van der Waals surface area contributed by atoms with Crippen molar-refractivity contribution in [3.63, 3.8) is 0 Å². The van der Waals surface area contributed by atoms with E-state index >= 15 is 0 Å². The zero-order valence-corrected chi connectivity index (χ0v) is 7.96. The summed E-state index contributed by atoms with van der Waals surface area (Å²) in [4.78, 5) is 11.2. The fourth-order valence-electron chi connectivity index (χ4n) is 0.967. The van der Waals surface area contributed by atoms with E-state index in [1.165, 1.54) is 0 Å². The maximum absolute atomic E-state index is 11.2. The minimum Gasteiger partial charge on any atom is -0.394 e. The van der Waals surface area contributed by atoms with Gasteiger partial charge in [-0.25, -0.2) is 0 Å². The Balaban J connectivity index is 3.96. The van der Waals surface area contributed by atoms with Crippen molar-refractivity contribution in [3.8, 4) is 0 Å². The second kappa shape index (κ2) is 6.89. The first-order valence-corrected chi connectivity index (χ1v) is 4.52. The fourth-order valence-corrected chi connectivity index (χ4v) is 0.967. The van der Waals surface area contributed by atoms with Crippen LogP contribution in [0.4, 0.5) is 0 Å². The Hall–Kier alpha value is -0.490. The SMILES string of the molecule is [2H]CCCCC(O)C(=O)[C@H](O)[C@H](O)CO. The standard InChI is InChI=1S/C9H18O5/c1-2-3-4-6(11)8(13)9(14)7(12)5-10/h6-7,9-12,14H,2-5H2,1H3/t6?,7-,9-/m1/s1/i1D. The van der Waals surface area contributed by atoms with E-state index in [0.29, 0.717) is 12.8 Å². The molecule has 4 N–H and O–H groups in total. The molecule has 0 fully saturated rings. The molecule has 0 amide bonds. The number of aliphatic hydroxyl groups excluding tert-OH is 4. The van der Waals surface area contributed by atoms with Gasteiger partial charge in [0.2, 0.25) is 0 Å². The molecule has 0 aliphatic rings. The number of carbonyl (C=O) groups is 1. The van der Waals surface area contributed by atoms with Crippen LogP contribution in [-0.4, -0.2) is 51.1 Å². The molecule has 0 aliphatic carbocycles. The van der Waals surface area contributed by atoms with E-state index in [2.05, 4.69) is 0 Å². The van der Waals surface area contributed by atoms with Gasteiger partial charge >= 0.3 is 0 Å². The van der Waals surface area contributed by atoms with E-state index in [9.17, 15) is 9.90 Å². The molecule has 3 atom stereocenters. The molecule has 0 aromatic carbocycles. The van der Waals surface area contributed by atoms with Gasteiger partial charge in [0.1, 0.15) is 18.3 Å².